The van der Waals surface area contributed by atoms with Gasteiger partial charge in [-0.15, -0.1) is 11.3 Å². The van der Waals surface area contributed by atoms with Crippen molar-refractivity contribution >= 4 is 32.7 Å². The molecule has 0 aliphatic rings. The van der Waals surface area contributed by atoms with Crippen molar-refractivity contribution in [3.05, 3.63) is 76.6 Å². The van der Waals surface area contributed by atoms with Crippen LogP contribution in [0, 0.1) is 6.92 Å². The molecule has 2 aromatic carbocycles. The number of benzene rings is 2. The summed E-state index contributed by atoms with van der Waals surface area (Å²) in [5, 5.41) is 1.11. The number of aromatic nitrogens is 4. The Morgan fingerprint density at radius 1 is 1.04 bits per heavy atom. The molecule has 1 N–H and O–H groups in total. The number of fused-ring (bicyclic) bond motifs is 2. The highest BCUT2D eigenvalue weighted by Gasteiger charge is 2.10. The number of hydrogen-bond acceptors (Lipinski definition) is 5. The number of nitrogens with one attached hydrogen (secondary N) is 1. The Labute approximate surface area is 153 Å². The summed E-state index contributed by atoms with van der Waals surface area (Å²) in [5.74, 6) is 1.59. The van der Waals surface area contributed by atoms with Crippen LogP contribution < -0.4 is 0 Å². The number of aryl methyl sites for hydroxylation is 1. The Morgan fingerprint density at radius 2 is 1.96 bits per heavy atom. The van der Waals surface area contributed by atoms with Crippen molar-refractivity contribution in [2.24, 2.45) is 0 Å². The third-order valence-electron chi connectivity index (χ3n) is 4.29. The molecule has 3 heterocycles. The van der Waals surface area contributed by atoms with Crippen molar-refractivity contribution < 1.29 is 4.42 Å². The van der Waals surface area contributed by atoms with Crippen LogP contribution in [0.2, 0.25) is 0 Å². The molecule has 0 bridgehead atoms. The van der Waals surface area contributed by atoms with Gasteiger partial charge in [-0.2, -0.15) is 0 Å². The maximum Gasteiger partial charge on any atom is 0.201 e. The van der Waals surface area contributed by atoms with Gasteiger partial charge in [0.15, 0.2) is 5.58 Å². The summed E-state index contributed by atoms with van der Waals surface area (Å²) >= 11 is 1.74. The first-order valence-electron chi connectivity index (χ1n) is 8.46. The Balaban J connectivity index is 1.41. The Bertz CT molecular complexity index is 1180. The molecule has 0 unspecified atom stereocenters. The Kier molecular flexibility index (Phi) is 3.57. The molecule has 0 amide bonds. The fraction of sp³-hybridized carbons (Fsp3) is 0.150. The SMILES string of the molecule is Cc1ncc(Cc2nc3ccc(Cc4nc5ccccc5s4)cc3o2)[nH]1. The minimum absolute atomic E-state index is 0.614. The zero-order valence-electron chi connectivity index (χ0n) is 14.2. The Hall–Kier alpha value is -2.99. The summed E-state index contributed by atoms with van der Waals surface area (Å²) in [6, 6.07) is 14.4. The molecule has 0 spiro atoms. The summed E-state index contributed by atoms with van der Waals surface area (Å²) < 4.78 is 7.17. The van der Waals surface area contributed by atoms with Gasteiger partial charge in [0.1, 0.15) is 11.3 Å². The highest BCUT2D eigenvalue weighted by atomic mass is 32.1. The molecule has 0 aliphatic heterocycles. The van der Waals surface area contributed by atoms with Crippen LogP contribution in [-0.4, -0.2) is 19.9 Å². The van der Waals surface area contributed by atoms with Crippen LogP contribution in [0.1, 0.15) is 28.0 Å². The summed E-state index contributed by atoms with van der Waals surface area (Å²) in [7, 11) is 0. The van der Waals surface area contributed by atoms with Gasteiger partial charge in [-0.1, -0.05) is 18.2 Å². The lowest BCUT2D eigenvalue weighted by atomic mass is 10.1. The second-order valence-corrected chi connectivity index (χ2v) is 7.45. The first kappa shape index (κ1) is 15.3. The van der Waals surface area contributed by atoms with Crippen LogP contribution in [0.5, 0.6) is 0 Å². The highest BCUT2D eigenvalue weighted by Crippen LogP contribution is 2.25. The molecular weight excluding hydrogens is 344 g/mol. The number of hydrogen-bond donors (Lipinski definition) is 1. The largest absolute Gasteiger partial charge is 0.440 e. The van der Waals surface area contributed by atoms with Crippen LogP contribution in [0.4, 0.5) is 0 Å². The number of aromatic amines is 1. The average Bonchev–Trinajstić information content (AvgIpc) is 3.32. The van der Waals surface area contributed by atoms with E-state index < -0.39 is 0 Å². The monoisotopic (exact) mass is 360 g/mol. The molecule has 5 nitrogen and oxygen atoms in total. The molecule has 5 rings (SSSR count). The fourth-order valence-electron chi connectivity index (χ4n) is 3.10. The van der Waals surface area contributed by atoms with E-state index in [2.05, 4.69) is 39.2 Å². The van der Waals surface area contributed by atoms with Gasteiger partial charge < -0.3 is 9.40 Å². The van der Waals surface area contributed by atoms with E-state index in [1.54, 1.807) is 11.3 Å². The van der Waals surface area contributed by atoms with E-state index in [1.807, 2.05) is 31.3 Å². The van der Waals surface area contributed by atoms with E-state index in [0.29, 0.717) is 12.3 Å². The minimum atomic E-state index is 0.614. The second-order valence-electron chi connectivity index (χ2n) is 6.33. The van der Waals surface area contributed by atoms with Gasteiger partial charge >= 0.3 is 0 Å². The van der Waals surface area contributed by atoms with Crippen LogP contribution in [0.25, 0.3) is 21.3 Å². The summed E-state index contributed by atoms with van der Waals surface area (Å²) in [6.45, 7) is 1.93. The van der Waals surface area contributed by atoms with Crippen LogP contribution in [-0.2, 0) is 12.8 Å². The summed E-state index contributed by atoms with van der Waals surface area (Å²) in [4.78, 5) is 16.7. The zero-order valence-corrected chi connectivity index (χ0v) is 15.0. The molecule has 0 atom stereocenters. The molecule has 6 heteroatoms. The lowest BCUT2D eigenvalue weighted by Crippen LogP contribution is -1.88. The first-order chi connectivity index (χ1) is 12.7. The topological polar surface area (TPSA) is 67.6 Å². The number of nitrogens with zero attached hydrogens (tertiary/aromatic N) is 3. The maximum atomic E-state index is 5.94. The maximum absolute atomic E-state index is 5.94. The number of rotatable bonds is 4. The molecule has 0 fully saturated rings. The normalized spacial score (nSPS) is 11.6. The van der Waals surface area contributed by atoms with Gasteiger partial charge in [0.25, 0.3) is 0 Å². The molecule has 0 radical (unpaired) electrons. The second kappa shape index (κ2) is 6.07. The first-order valence-corrected chi connectivity index (χ1v) is 9.28. The molecule has 0 saturated carbocycles. The lowest BCUT2D eigenvalue weighted by Gasteiger charge is -1.97. The average molecular weight is 360 g/mol. The predicted octanol–water partition coefficient (Wildman–Crippen LogP) is 4.65. The van der Waals surface area contributed by atoms with Gasteiger partial charge in [-0.25, -0.2) is 15.0 Å². The summed E-state index contributed by atoms with van der Waals surface area (Å²) in [5.41, 5.74) is 4.94. The van der Waals surface area contributed by atoms with Gasteiger partial charge in [-0.05, 0) is 36.8 Å². The minimum Gasteiger partial charge on any atom is -0.440 e. The van der Waals surface area contributed by atoms with Gasteiger partial charge in [0.05, 0.1) is 21.6 Å². The molecule has 0 saturated heterocycles. The van der Waals surface area contributed by atoms with E-state index in [-0.39, 0.29) is 0 Å². The lowest BCUT2D eigenvalue weighted by molar-refractivity contribution is 0.542. The van der Waals surface area contributed by atoms with Crippen LogP contribution in [0.15, 0.2) is 53.1 Å². The van der Waals surface area contributed by atoms with Gasteiger partial charge in [0, 0.05) is 18.3 Å². The van der Waals surface area contributed by atoms with Crippen LogP contribution in [0.3, 0.4) is 0 Å². The third kappa shape index (κ3) is 2.88. The van der Waals surface area contributed by atoms with Crippen molar-refractivity contribution in [2.45, 2.75) is 19.8 Å². The van der Waals surface area contributed by atoms with E-state index in [1.165, 1.54) is 10.3 Å². The van der Waals surface area contributed by atoms with Crippen molar-refractivity contribution in [3.8, 4) is 0 Å². The predicted molar refractivity (Wildman–Crippen MR) is 103 cm³/mol. The van der Waals surface area contributed by atoms with E-state index in [4.69, 9.17) is 9.40 Å². The molecule has 5 aromatic rings. The third-order valence-corrected chi connectivity index (χ3v) is 5.32. The van der Waals surface area contributed by atoms with E-state index in [9.17, 15) is 0 Å². The van der Waals surface area contributed by atoms with Gasteiger partial charge in [0.2, 0.25) is 5.89 Å². The van der Waals surface area contributed by atoms with E-state index >= 15 is 0 Å². The molecular formula is C20H16N4OS. The number of imidazole rings is 1. The molecule has 0 aliphatic carbocycles. The van der Waals surface area contributed by atoms with Crippen molar-refractivity contribution in [3.63, 3.8) is 0 Å². The Morgan fingerprint density at radius 3 is 2.81 bits per heavy atom. The summed E-state index contributed by atoms with van der Waals surface area (Å²) in [6.07, 6.45) is 3.23. The van der Waals surface area contributed by atoms with Gasteiger partial charge in [-0.3, -0.25) is 0 Å². The van der Waals surface area contributed by atoms with Crippen molar-refractivity contribution in [2.75, 3.05) is 0 Å². The standard InChI is InChI=1S/C20H16N4OS/c1-12-21-11-14(22-12)10-19-23-15-7-6-13(8-17(15)25-19)9-20-24-16-4-2-3-5-18(16)26-20/h2-8,11H,9-10H2,1H3,(H,21,22). The zero-order chi connectivity index (χ0) is 17.5. The molecule has 26 heavy (non-hydrogen) atoms. The molecule has 3 aromatic heterocycles. The fourth-order valence-corrected chi connectivity index (χ4v) is 4.10. The highest BCUT2D eigenvalue weighted by molar-refractivity contribution is 7.18. The number of para-hydroxylation sites is 1. The van der Waals surface area contributed by atoms with E-state index in [0.717, 1.165) is 39.6 Å². The number of oxazole rings is 1. The van der Waals surface area contributed by atoms with Crippen molar-refractivity contribution in [1.29, 1.82) is 0 Å². The van der Waals surface area contributed by atoms with Crippen molar-refractivity contribution in [1.82, 2.24) is 19.9 Å². The quantitative estimate of drug-likeness (QED) is 0.506. The smallest absolute Gasteiger partial charge is 0.201 e. The van der Waals surface area contributed by atoms with Crippen LogP contribution >= 0.6 is 11.3 Å². The molecule has 128 valence electrons. The number of thiazole rings is 1. The number of H-pyrrole nitrogens is 1.